The van der Waals surface area contributed by atoms with Gasteiger partial charge in [0.25, 0.3) is 5.91 Å². The molecule has 1 aromatic carbocycles. The van der Waals surface area contributed by atoms with E-state index in [0.29, 0.717) is 24.6 Å². The number of hydrogen-bond donors (Lipinski definition) is 0. The van der Waals surface area contributed by atoms with Crippen LogP contribution in [0.4, 0.5) is 0 Å². The highest BCUT2D eigenvalue weighted by Gasteiger charge is 2.24. The van der Waals surface area contributed by atoms with Gasteiger partial charge in [-0.25, -0.2) is 0 Å². The molecular formula is C22H24N2O3S2. The number of carbonyl (C=O) groups excluding carboxylic acids is 1. The molecule has 0 bridgehead atoms. The van der Waals surface area contributed by atoms with Gasteiger partial charge in [-0.05, 0) is 42.0 Å². The molecule has 152 valence electrons. The van der Waals surface area contributed by atoms with Crippen LogP contribution in [0.3, 0.4) is 0 Å². The molecule has 1 saturated heterocycles. The Hall–Kier alpha value is -2.22. The minimum atomic E-state index is 0.00650. The van der Waals surface area contributed by atoms with Crippen LogP contribution in [0, 0.1) is 0 Å². The zero-order valence-corrected chi connectivity index (χ0v) is 17.8. The third kappa shape index (κ3) is 5.65. The van der Waals surface area contributed by atoms with Crippen LogP contribution in [-0.2, 0) is 17.7 Å². The van der Waals surface area contributed by atoms with Crippen molar-refractivity contribution in [2.45, 2.75) is 31.9 Å². The predicted octanol–water partition coefficient (Wildman–Crippen LogP) is 4.65. The van der Waals surface area contributed by atoms with E-state index in [9.17, 15) is 4.79 Å². The van der Waals surface area contributed by atoms with Gasteiger partial charge < -0.3 is 14.4 Å². The minimum Gasteiger partial charge on any atom is -0.493 e. The van der Waals surface area contributed by atoms with Crippen LogP contribution in [0.1, 0.15) is 33.0 Å². The largest absolute Gasteiger partial charge is 0.493 e. The SMILES string of the molecule is O=C(c1cncs1)N(Cc1cccc(OCCc2cccs2)c1)CC1CCCO1. The Bertz CT molecular complexity index is 891. The molecule has 1 unspecified atom stereocenters. The van der Waals surface area contributed by atoms with Crippen molar-refractivity contribution in [2.24, 2.45) is 0 Å². The number of carbonyl (C=O) groups is 1. The van der Waals surface area contributed by atoms with Gasteiger partial charge in [0.05, 0.1) is 24.4 Å². The van der Waals surface area contributed by atoms with Gasteiger partial charge in [-0.3, -0.25) is 9.78 Å². The standard InChI is InChI=1S/C22H24N2O3S2/c25-22(21-13-23-16-29-21)24(15-19-6-2-9-26-19)14-17-4-1-5-18(12-17)27-10-8-20-7-3-11-28-20/h1,3-5,7,11-13,16,19H,2,6,8-10,14-15H2. The van der Waals surface area contributed by atoms with Crippen LogP contribution in [0.25, 0.3) is 0 Å². The number of benzene rings is 1. The molecule has 1 amide bonds. The molecule has 1 atom stereocenters. The molecule has 29 heavy (non-hydrogen) atoms. The van der Waals surface area contributed by atoms with Crippen LogP contribution >= 0.6 is 22.7 Å². The van der Waals surface area contributed by atoms with Crippen molar-refractivity contribution in [3.8, 4) is 5.75 Å². The van der Waals surface area contributed by atoms with Gasteiger partial charge in [-0.15, -0.1) is 22.7 Å². The predicted molar refractivity (Wildman–Crippen MR) is 116 cm³/mol. The summed E-state index contributed by atoms with van der Waals surface area (Å²) in [6.07, 6.45) is 4.70. The van der Waals surface area contributed by atoms with Gasteiger partial charge >= 0.3 is 0 Å². The maximum Gasteiger partial charge on any atom is 0.265 e. The summed E-state index contributed by atoms with van der Waals surface area (Å²) in [7, 11) is 0. The molecular weight excluding hydrogens is 404 g/mol. The van der Waals surface area contributed by atoms with E-state index in [2.05, 4.69) is 22.5 Å². The normalized spacial score (nSPS) is 16.1. The lowest BCUT2D eigenvalue weighted by molar-refractivity contribution is 0.0510. The first-order chi connectivity index (χ1) is 14.3. The quantitative estimate of drug-likeness (QED) is 0.498. The molecule has 0 aliphatic carbocycles. The fourth-order valence-electron chi connectivity index (χ4n) is 3.41. The van der Waals surface area contributed by atoms with Crippen LogP contribution in [0.5, 0.6) is 5.75 Å². The van der Waals surface area contributed by atoms with Gasteiger partial charge in [0.15, 0.2) is 0 Å². The third-order valence-corrected chi connectivity index (χ3v) is 6.54. The van der Waals surface area contributed by atoms with E-state index in [4.69, 9.17) is 9.47 Å². The smallest absolute Gasteiger partial charge is 0.265 e. The van der Waals surface area contributed by atoms with Crippen LogP contribution in [-0.4, -0.2) is 41.7 Å². The fourth-order valence-corrected chi connectivity index (χ4v) is 4.69. The molecule has 0 radical (unpaired) electrons. The second-order valence-corrected chi connectivity index (χ2v) is 8.93. The fraction of sp³-hybridized carbons (Fsp3) is 0.364. The molecule has 0 spiro atoms. The molecule has 0 saturated carbocycles. The second-order valence-electron chi connectivity index (χ2n) is 7.01. The maximum atomic E-state index is 13.0. The summed E-state index contributed by atoms with van der Waals surface area (Å²) in [4.78, 5) is 20.9. The summed E-state index contributed by atoms with van der Waals surface area (Å²) in [5.41, 5.74) is 2.74. The maximum absolute atomic E-state index is 13.0. The van der Waals surface area contributed by atoms with Gasteiger partial charge in [-0.1, -0.05) is 18.2 Å². The summed E-state index contributed by atoms with van der Waals surface area (Å²) in [6, 6.07) is 12.2. The molecule has 4 rings (SSSR count). The lowest BCUT2D eigenvalue weighted by atomic mass is 10.1. The highest BCUT2D eigenvalue weighted by molar-refractivity contribution is 7.11. The van der Waals surface area contributed by atoms with Crippen LogP contribution in [0.15, 0.2) is 53.5 Å². The highest BCUT2D eigenvalue weighted by atomic mass is 32.1. The Morgan fingerprint density at radius 2 is 2.24 bits per heavy atom. The summed E-state index contributed by atoms with van der Waals surface area (Å²) >= 11 is 3.12. The Kier molecular flexibility index (Phi) is 6.92. The summed E-state index contributed by atoms with van der Waals surface area (Å²) < 4.78 is 11.7. The molecule has 5 nitrogen and oxygen atoms in total. The van der Waals surface area contributed by atoms with Gasteiger partial charge in [-0.2, -0.15) is 0 Å². The number of ether oxygens (including phenoxy) is 2. The number of aromatic nitrogens is 1. The van der Waals surface area contributed by atoms with Crippen molar-refractivity contribution >= 4 is 28.6 Å². The Labute approximate surface area is 178 Å². The zero-order valence-electron chi connectivity index (χ0n) is 16.2. The molecule has 7 heteroatoms. The number of thiazole rings is 1. The number of thiophene rings is 1. The average Bonchev–Trinajstić information content (AvgIpc) is 3.50. The van der Waals surface area contributed by atoms with E-state index >= 15 is 0 Å². The summed E-state index contributed by atoms with van der Waals surface area (Å²) in [5, 5.41) is 2.08. The average molecular weight is 429 g/mol. The Balaban J connectivity index is 1.41. The first-order valence-electron chi connectivity index (χ1n) is 9.81. The van der Waals surface area contributed by atoms with E-state index in [1.807, 2.05) is 29.2 Å². The van der Waals surface area contributed by atoms with Crippen molar-refractivity contribution < 1.29 is 14.3 Å². The minimum absolute atomic E-state index is 0.00650. The molecule has 0 N–H and O–H groups in total. The van der Waals surface area contributed by atoms with Crippen molar-refractivity contribution in [3.05, 3.63) is 68.8 Å². The van der Waals surface area contributed by atoms with Crippen molar-refractivity contribution in [2.75, 3.05) is 19.8 Å². The first kappa shape index (κ1) is 20.1. The van der Waals surface area contributed by atoms with Crippen molar-refractivity contribution in [3.63, 3.8) is 0 Å². The molecule has 3 heterocycles. The number of nitrogens with zero attached hydrogens (tertiary/aromatic N) is 2. The van der Waals surface area contributed by atoms with Crippen LogP contribution in [0.2, 0.25) is 0 Å². The van der Waals surface area contributed by atoms with Gasteiger partial charge in [0.2, 0.25) is 0 Å². The van der Waals surface area contributed by atoms with Gasteiger partial charge in [0.1, 0.15) is 10.6 Å². The van der Waals surface area contributed by atoms with Gasteiger partial charge in [0, 0.05) is 31.0 Å². The van der Waals surface area contributed by atoms with E-state index in [0.717, 1.165) is 37.2 Å². The number of hydrogen-bond acceptors (Lipinski definition) is 6. The zero-order chi connectivity index (χ0) is 19.9. The van der Waals surface area contributed by atoms with E-state index in [1.165, 1.54) is 16.2 Å². The molecule has 3 aromatic rings. The monoisotopic (exact) mass is 428 g/mol. The summed E-state index contributed by atoms with van der Waals surface area (Å²) in [5.74, 6) is 0.841. The Morgan fingerprint density at radius 1 is 1.28 bits per heavy atom. The number of amides is 1. The lowest BCUT2D eigenvalue weighted by Crippen LogP contribution is -2.36. The van der Waals surface area contributed by atoms with E-state index in [1.54, 1.807) is 23.0 Å². The number of rotatable bonds is 9. The lowest BCUT2D eigenvalue weighted by Gasteiger charge is -2.25. The van der Waals surface area contributed by atoms with E-state index < -0.39 is 0 Å². The first-order valence-corrected chi connectivity index (χ1v) is 11.6. The molecule has 2 aromatic heterocycles. The Morgan fingerprint density at radius 3 is 3.00 bits per heavy atom. The molecule has 1 fully saturated rings. The van der Waals surface area contributed by atoms with E-state index in [-0.39, 0.29) is 12.0 Å². The summed E-state index contributed by atoms with van der Waals surface area (Å²) in [6.45, 7) is 2.54. The molecule has 1 aliphatic rings. The third-order valence-electron chi connectivity index (χ3n) is 4.85. The highest BCUT2D eigenvalue weighted by Crippen LogP contribution is 2.21. The topological polar surface area (TPSA) is 51.7 Å². The van der Waals surface area contributed by atoms with Crippen molar-refractivity contribution in [1.82, 2.24) is 9.88 Å². The van der Waals surface area contributed by atoms with Crippen LogP contribution < -0.4 is 4.74 Å². The van der Waals surface area contributed by atoms with Crippen molar-refractivity contribution in [1.29, 1.82) is 0 Å². The molecule has 1 aliphatic heterocycles. The second kappa shape index (κ2) is 10.0.